The molecule has 0 bridgehead atoms. The third kappa shape index (κ3) is 3.99. The first-order chi connectivity index (χ1) is 12.1. The number of pyridine rings is 1. The van der Waals surface area contributed by atoms with Gasteiger partial charge in [0.15, 0.2) is 5.69 Å². The normalized spacial score (nSPS) is 13.8. The van der Waals surface area contributed by atoms with E-state index in [1.807, 2.05) is 31.1 Å². The van der Waals surface area contributed by atoms with Crippen LogP contribution in [-0.2, 0) is 6.54 Å². The van der Waals surface area contributed by atoms with E-state index >= 15 is 0 Å². The summed E-state index contributed by atoms with van der Waals surface area (Å²) in [6, 6.07) is 3.78. The summed E-state index contributed by atoms with van der Waals surface area (Å²) in [5.41, 5.74) is 1.12. The van der Waals surface area contributed by atoms with Crippen LogP contribution in [0.4, 0.5) is 11.8 Å². The van der Waals surface area contributed by atoms with Crippen LogP contribution in [0.1, 0.15) is 28.9 Å². The molecule has 2 aromatic rings. The van der Waals surface area contributed by atoms with Gasteiger partial charge in [0.2, 0.25) is 5.95 Å². The second-order valence-electron chi connectivity index (χ2n) is 6.12. The van der Waals surface area contributed by atoms with Gasteiger partial charge < -0.3 is 15.1 Å². The van der Waals surface area contributed by atoms with Crippen LogP contribution in [0.5, 0.6) is 0 Å². The lowest BCUT2D eigenvalue weighted by Gasteiger charge is -2.17. The van der Waals surface area contributed by atoms with E-state index in [0.717, 1.165) is 37.3 Å². The third-order valence-corrected chi connectivity index (χ3v) is 4.34. The van der Waals surface area contributed by atoms with Crippen LogP contribution < -0.4 is 15.1 Å². The molecule has 8 heteroatoms. The number of rotatable bonds is 5. The van der Waals surface area contributed by atoms with Gasteiger partial charge in [0.1, 0.15) is 5.82 Å². The van der Waals surface area contributed by atoms with E-state index < -0.39 is 0 Å². The van der Waals surface area contributed by atoms with Gasteiger partial charge in [-0.15, -0.1) is 0 Å². The summed E-state index contributed by atoms with van der Waals surface area (Å²) in [7, 11) is 3.83. The van der Waals surface area contributed by atoms with Gasteiger partial charge in [-0.1, -0.05) is 17.7 Å². The maximum Gasteiger partial charge on any atom is 0.271 e. The van der Waals surface area contributed by atoms with Gasteiger partial charge in [0, 0.05) is 45.5 Å². The summed E-state index contributed by atoms with van der Waals surface area (Å²) in [6.07, 6.45) is 5.44. The van der Waals surface area contributed by atoms with Crippen LogP contribution in [0.2, 0.25) is 5.02 Å². The lowest BCUT2D eigenvalue weighted by atomic mass is 10.2. The Hall–Kier alpha value is -2.41. The average molecular weight is 361 g/mol. The molecular weight excluding hydrogens is 340 g/mol. The molecular formula is C17H21ClN6O. The van der Waals surface area contributed by atoms with Gasteiger partial charge in [-0.05, 0) is 18.9 Å². The Kier molecular flexibility index (Phi) is 5.33. The number of aromatic nitrogens is 3. The van der Waals surface area contributed by atoms with E-state index in [-0.39, 0.29) is 16.6 Å². The topological polar surface area (TPSA) is 74.2 Å². The first-order valence-electron chi connectivity index (χ1n) is 8.23. The molecule has 7 nitrogen and oxygen atoms in total. The van der Waals surface area contributed by atoms with Crippen LogP contribution in [0.15, 0.2) is 24.5 Å². The zero-order chi connectivity index (χ0) is 17.8. The SMILES string of the molecule is CN(C)c1ncccc1CNC(=O)c1nc(N2CCCC2)ncc1Cl. The van der Waals surface area contributed by atoms with Gasteiger partial charge in [-0.2, -0.15) is 0 Å². The van der Waals surface area contributed by atoms with E-state index in [0.29, 0.717) is 12.5 Å². The molecule has 2 aromatic heterocycles. The predicted molar refractivity (Wildman–Crippen MR) is 98.2 cm³/mol. The van der Waals surface area contributed by atoms with Crippen LogP contribution in [0, 0.1) is 0 Å². The maximum atomic E-state index is 12.5. The largest absolute Gasteiger partial charge is 0.362 e. The van der Waals surface area contributed by atoms with E-state index in [2.05, 4.69) is 25.2 Å². The average Bonchev–Trinajstić information content (AvgIpc) is 3.15. The number of carbonyl (C=O) groups is 1. The summed E-state index contributed by atoms with van der Waals surface area (Å²) >= 11 is 6.14. The highest BCUT2D eigenvalue weighted by Gasteiger charge is 2.19. The minimum absolute atomic E-state index is 0.203. The van der Waals surface area contributed by atoms with E-state index in [1.54, 1.807) is 6.20 Å². The van der Waals surface area contributed by atoms with Gasteiger partial charge in [-0.3, -0.25) is 4.79 Å². The molecule has 1 N–H and O–H groups in total. The van der Waals surface area contributed by atoms with Crippen LogP contribution in [0.3, 0.4) is 0 Å². The molecule has 3 rings (SSSR count). The molecule has 1 fully saturated rings. The molecule has 1 amide bonds. The summed E-state index contributed by atoms with van der Waals surface area (Å²) < 4.78 is 0. The van der Waals surface area contributed by atoms with Crippen LogP contribution >= 0.6 is 11.6 Å². The molecule has 0 spiro atoms. The van der Waals surface area contributed by atoms with Crippen molar-refractivity contribution in [3.05, 3.63) is 40.8 Å². The Labute approximate surface area is 152 Å². The Morgan fingerprint density at radius 1 is 1.32 bits per heavy atom. The number of nitrogens with one attached hydrogen (secondary N) is 1. The van der Waals surface area contributed by atoms with E-state index in [1.165, 1.54) is 6.20 Å². The quantitative estimate of drug-likeness (QED) is 0.880. The molecule has 3 heterocycles. The highest BCUT2D eigenvalue weighted by Crippen LogP contribution is 2.20. The fourth-order valence-corrected chi connectivity index (χ4v) is 2.99. The third-order valence-electron chi connectivity index (χ3n) is 4.07. The van der Waals surface area contributed by atoms with Crippen molar-refractivity contribution in [3.63, 3.8) is 0 Å². The predicted octanol–water partition coefficient (Wildman–Crippen LogP) is 2.12. The lowest BCUT2D eigenvalue weighted by molar-refractivity contribution is 0.0946. The summed E-state index contributed by atoms with van der Waals surface area (Å²) in [5.74, 6) is 1.05. The van der Waals surface area contributed by atoms with Crippen molar-refractivity contribution >= 4 is 29.3 Å². The number of amides is 1. The summed E-state index contributed by atoms with van der Waals surface area (Å²) in [5, 5.41) is 3.12. The minimum atomic E-state index is -0.318. The number of hydrogen-bond acceptors (Lipinski definition) is 6. The van der Waals surface area contributed by atoms with Crippen molar-refractivity contribution in [3.8, 4) is 0 Å². The molecule has 0 aliphatic carbocycles. The van der Waals surface area contributed by atoms with Gasteiger partial charge >= 0.3 is 0 Å². The maximum absolute atomic E-state index is 12.5. The first kappa shape index (κ1) is 17.4. The highest BCUT2D eigenvalue weighted by molar-refractivity contribution is 6.33. The molecule has 0 aromatic carbocycles. The molecule has 0 unspecified atom stereocenters. The summed E-state index contributed by atoms with van der Waals surface area (Å²) in [6.45, 7) is 2.16. The zero-order valence-corrected chi connectivity index (χ0v) is 15.1. The molecule has 25 heavy (non-hydrogen) atoms. The molecule has 0 saturated carbocycles. The zero-order valence-electron chi connectivity index (χ0n) is 14.4. The highest BCUT2D eigenvalue weighted by atomic mass is 35.5. The number of nitrogens with zero attached hydrogens (tertiary/aromatic N) is 5. The molecule has 1 saturated heterocycles. The van der Waals surface area contributed by atoms with Crippen molar-refractivity contribution < 1.29 is 4.79 Å². The van der Waals surface area contributed by atoms with Crippen molar-refractivity contribution in [2.75, 3.05) is 37.0 Å². The van der Waals surface area contributed by atoms with Crippen molar-refractivity contribution in [1.29, 1.82) is 0 Å². The van der Waals surface area contributed by atoms with Gasteiger partial charge in [-0.25, -0.2) is 15.0 Å². The Balaban J connectivity index is 1.74. The number of anilines is 2. The van der Waals surface area contributed by atoms with Crippen molar-refractivity contribution in [2.45, 2.75) is 19.4 Å². The number of hydrogen-bond donors (Lipinski definition) is 1. The second-order valence-corrected chi connectivity index (χ2v) is 6.53. The van der Waals surface area contributed by atoms with Crippen LogP contribution in [-0.4, -0.2) is 48.0 Å². The van der Waals surface area contributed by atoms with Crippen LogP contribution in [0.25, 0.3) is 0 Å². The van der Waals surface area contributed by atoms with Gasteiger partial charge in [0.05, 0.1) is 11.2 Å². The molecule has 132 valence electrons. The lowest BCUT2D eigenvalue weighted by Crippen LogP contribution is -2.27. The van der Waals surface area contributed by atoms with Crippen molar-refractivity contribution in [1.82, 2.24) is 20.3 Å². The first-order valence-corrected chi connectivity index (χ1v) is 8.61. The Morgan fingerprint density at radius 3 is 2.80 bits per heavy atom. The fraction of sp³-hybridized carbons (Fsp3) is 0.412. The number of halogens is 1. The molecule has 1 aliphatic rings. The minimum Gasteiger partial charge on any atom is -0.362 e. The number of carbonyl (C=O) groups excluding carboxylic acids is 1. The van der Waals surface area contributed by atoms with Crippen molar-refractivity contribution in [2.24, 2.45) is 0 Å². The monoisotopic (exact) mass is 360 g/mol. The molecule has 1 aliphatic heterocycles. The molecule has 0 radical (unpaired) electrons. The molecule has 0 atom stereocenters. The van der Waals surface area contributed by atoms with E-state index in [9.17, 15) is 4.79 Å². The smallest absolute Gasteiger partial charge is 0.271 e. The van der Waals surface area contributed by atoms with Gasteiger partial charge in [0.25, 0.3) is 5.91 Å². The second kappa shape index (κ2) is 7.65. The Morgan fingerprint density at radius 2 is 2.08 bits per heavy atom. The summed E-state index contributed by atoms with van der Waals surface area (Å²) in [4.78, 5) is 29.5. The Bertz CT molecular complexity index is 761. The fourth-order valence-electron chi connectivity index (χ4n) is 2.82. The van der Waals surface area contributed by atoms with E-state index in [4.69, 9.17) is 11.6 Å². The standard InChI is InChI=1S/C17H21ClN6O/c1-23(2)15-12(6-5-7-19-15)10-20-16(25)14-13(18)11-21-17(22-14)24-8-3-4-9-24/h5-7,11H,3-4,8-10H2,1-2H3,(H,20,25).